The summed E-state index contributed by atoms with van der Waals surface area (Å²) in [5, 5.41) is 42.8. The third kappa shape index (κ3) is 30.2. The Balaban J connectivity index is 0. The molecule has 0 unspecified atom stereocenters. The maximum absolute atomic E-state index is 13.2. The van der Waals surface area contributed by atoms with Crippen LogP contribution in [0.25, 0.3) is 17.1 Å². The predicted molar refractivity (Wildman–Crippen MR) is 286 cm³/mol. The van der Waals surface area contributed by atoms with E-state index in [0.717, 1.165) is 61.6 Å². The zero-order chi connectivity index (χ0) is 54.9. The van der Waals surface area contributed by atoms with E-state index in [1.54, 1.807) is 9.91 Å². The number of carbonyl (C=O) groups excluding carboxylic acids is 4. The molecule has 25 heteroatoms. The number of carbonyl (C=O) groups is 4. The molecule has 0 radical (unpaired) electrons. The summed E-state index contributed by atoms with van der Waals surface area (Å²) in [5.41, 5.74) is 17.7. The number of benzene rings is 3. The van der Waals surface area contributed by atoms with E-state index in [1.165, 1.54) is 18.2 Å². The second-order valence-electron chi connectivity index (χ2n) is 15.0. The molecule has 418 valence electrons. The predicted octanol–water partition coefficient (Wildman–Crippen LogP) is 3.38. The van der Waals surface area contributed by atoms with E-state index in [0.29, 0.717) is 76.9 Å². The van der Waals surface area contributed by atoms with Gasteiger partial charge in [0.15, 0.2) is 0 Å². The minimum atomic E-state index is -3.46. The van der Waals surface area contributed by atoms with Crippen molar-refractivity contribution in [2.45, 2.75) is 65.8 Å². The molecule has 4 amide bonds. The van der Waals surface area contributed by atoms with Crippen LogP contribution in [-0.2, 0) is 67.7 Å². The van der Waals surface area contributed by atoms with Crippen LogP contribution in [0.4, 0.5) is 5.69 Å². The topological polar surface area (TPSA) is 345 Å². The fourth-order valence-electron chi connectivity index (χ4n) is 6.46. The quantitative estimate of drug-likeness (QED) is 0.0156. The maximum atomic E-state index is 13.2. The van der Waals surface area contributed by atoms with Gasteiger partial charge in [0.05, 0.1) is 83.0 Å². The summed E-state index contributed by atoms with van der Waals surface area (Å²) < 4.78 is 21.5. The monoisotopic (exact) mass is 1250 g/mol. The number of phenols is 1. The fraction of sp³-hybridized carbons (Fsp3) is 0.510. The summed E-state index contributed by atoms with van der Waals surface area (Å²) in [5.74, 6) is 5.45. The molecule has 0 aromatic heterocycles. The molecule has 4 rings (SSSR count). The molecule has 3 aromatic rings. The van der Waals surface area contributed by atoms with E-state index in [1.807, 2.05) is 69.3 Å². The van der Waals surface area contributed by atoms with Crippen LogP contribution >= 0.6 is 6.72 Å². The van der Waals surface area contributed by atoms with Gasteiger partial charge in [-0.15, -0.1) is 6.54 Å². The SMILES string of the molecule is CC.CCCC(=O)N1Cc2ccccc2/C(N(N)CCOCCOCCOCCNC(=O)c2cc(O)cc(C(=O)NCCO)c2)=C(/N)c2ccccc21.CO.O=CNCCCCCCOP(O)(O)=S.[NH-]CCO.[W]. The van der Waals surface area contributed by atoms with Crippen molar-refractivity contribution in [2.75, 3.05) is 104 Å². The summed E-state index contributed by atoms with van der Waals surface area (Å²) in [6.45, 7) is 6.31. The number of hydrogen-bond donors (Lipinski definition) is 11. The number of anilines is 1. The van der Waals surface area contributed by atoms with E-state index >= 15 is 0 Å². The van der Waals surface area contributed by atoms with Crippen molar-refractivity contribution < 1.29 is 89.2 Å². The number of ether oxygens (including phenoxy) is 3. The second kappa shape index (κ2) is 44.8. The van der Waals surface area contributed by atoms with Gasteiger partial charge in [-0.3, -0.25) is 19.2 Å². The fourth-order valence-corrected chi connectivity index (χ4v) is 7.05. The molecule has 74 heavy (non-hydrogen) atoms. The van der Waals surface area contributed by atoms with Crippen molar-refractivity contribution in [2.24, 2.45) is 11.6 Å². The molecule has 22 nitrogen and oxygen atoms in total. The molecule has 0 saturated heterocycles. The summed E-state index contributed by atoms with van der Waals surface area (Å²) >= 11 is 4.27. The molecule has 0 bridgehead atoms. The van der Waals surface area contributed by atoms with Crippen LogP contribution in [0.1, 0.15) is 96.7 Å². The number of fused-ring (bicyclic) bond motifs is 2. The van der Waals surface area contributed by atoms with Crippen LogP contribution in [-0.4, -0.2) is 159 Å². The van der Waals surface area contributed by atoms with Crippen LogP contribution in [0.15, 0.2) is 66.7 Å². The molecule has 1 aliphatic rings. The number of aliphatic hydroxyl groups excluding tert-OH is 3. The molecule has 1 heterocycles. The van der Waals surface area contributed by atoms with Crippen molar-refractivity contribution in [3.05, 3.63) is 100 Å². The molecule has 0 saturated carbocycles. The number of nitrogens with zero attached hydrogens (tertiary/aromatic N) is 2. The Kier molecular flexibility index (Phi) is 43.4. The minimum absolute atomic E-state index is 0. The molecule has 0 atom stereocenters. The van der Waals surface area contributed by atoms with Crippen molar-refractivity contribution in [1.82, 2.24) is 21.0 Å². The van der Waals surface area contributed by atoms with Crippen LogP contribution in [0.5, 0.6) is 5.75 Å². The Labute approximate surface area is 455 Å². The summed E-state index contributed by atoms with van der Waals surface area (Å²) in [6, 6.07) is 19.3. The average molecular weight is 1250 g/mol. The van der Waals surface area contributed by atoms with Gasteiger partial charge in [0, 0.05) is 83.1 Å². The Morgan fingerprint density at radius 2 is 1.34 bits per heavy atom. The molecular weight excluding hydrogens is 1170 g/mol. The Hall–Kier alpha value is -4.42. The molecule has 0 spiro atoms. The Morgan fingerprint density at radius 1 is 0.797 bits per heavy atom. The van der Waals surface area contributed by atoms with Gasteiger partial charge < -0.3 is 86.3 Å². The van der Waals surface area contributed by atoms with Gasteiger partial charge in [-0.1, -0.05) is 76.1 Å². The summed E-state index contributed by atoms with van der Waals surface area (Å²) in [7, 11) is 1.00. The van der Waals surface area contributed by atoms with Gasteiger partial charge in [0.2, 0.25) is 12.3 Å². The van der Waals surface area contributed by atoms with Crippen LogP contribution in [0, 0.1) is 0 Å². The first kappa shape index (κ1) is 71.7. The van der Waals surface area contributed by atoms with Crippen molar-refractivity contribution in [1.29, 1.82) is 0 Å². The smallest absolute Gasteiger partial charge is 0.321 e. The second-order valence-corrected chi connectivity index (χ2v) is 17.7. The number of amides is 4. The maximum Gasteiger partial charge on any atom is 0.321 e. The van der Waals surface area contributed by atoms with Gasteiger partial charge in [-0.25, -0.2) is 5.84 Å². The van der Waals surface area contributed by atoms with Crippen molar-refractivity contribution in [3.8, 4) is 5.75 Å². The molecule has 1 aliphatic heterocycles. The van der Waals surface area contributed by atoms with E-state index in [9.17, 15) is 24.3 Å². The standard InChI is InChI=1S/C37H48N6O8.C7H16NO4PS.C2H6NO.C2H6.CH4O.W/c1-2-7-33(46)42-25-26-8-3-4-9-30(26)35(34(38)31-10-5-6-11-32(31)42)43(39)14-17-50-19-21-51-20-18-49-16-13-41-37(48)28-22-27(23-29(45)24-28)36(47)40-12-15-44;9-7-8-5-3-1-2-4-6-12-13(10,11)14;3-1-2-4;2*1-2;/h3-6,8-11,22-24,44-45H,2,7,12-21,25,38-39H2,1H3,(H,40,47)(H,41,48);7H,1-6H2,(H,8,9)(H2,10,11,14);3-4H,1-2H2;1-2H3;2H,1H3;/q;;-1;;;/b35-34-;;;;;. The summed E-state index contributed by atoms with van der Waals surface area (Å²) in [6.07, 6.45) is 5.43. The van der Waals surface area contributed by atoms with Crippen LogP contribution in [0.3, 0.4) is 0 Å². The number of aromatic hydroxyl groups is 1. The number of hydrogen-bond acceptors (Lipinski definition) is 16. The normalized spacial score (nSPS) is 12.2. The van der Waals surface area contributed by atoms with Gasteiger partial charge in [-0.05, 0) is 60.9 Å². The Morgan fingerprint density at radius 3 is 1.91 bits per heavy atom. The Bertz CT molecular complexity index is 2090. The number of hydrazine groups is 1. The van der Waals surface area contributed by atoms with Crippen LogP contribution in [0.2, 0.25) is 0 Å². The number of phenolic OH excluding ortho intramolecular Hbond substituents is 1. The zero-order valence-corrected chi connectivity index (χ0v) is 47.7. The van der Waals surface area contributed by atoms with E-state index < -0.39 is 18.5 Å². The molecule has 0 fully saturated rings. The molecule has 14 N–H and O–H groups in total. The third-order valence-corrected chi connectivity index (χ3v) is 10.5. The minimum Gasteiger partial charge on any atom is -0.676 e. The zero-order valence-electron chi connectivity index (χ0n) is 43.0. The molecule has 0 aliphatic carbocycles. The van der Waals surface area contributed by atoms with Gasteiger partial charge in [0.1, 0.15) is 5.75 Å². The first-order valence-electron chi connectivity index (χ1n) is 24.0. The number of nitrogens with two attached hydrogens (primary N) is 2. The van der Waals surface area contributed by atoms with E-state index in [2.05, 4.69) is 32.3 Å². The average Bonchev–Trinajstić information content (AvgIpc) is 3.39. The summed E-state index contributed by atoms with van der Waals surface area (Å²) in [4.78, 5) is 66.8. The third-order valence-electron chi connectivity index (χ3n) is 9.66. The van der Waals surface area contributed by atoms with E-state index in [-0.39, 0.29) is 89.9 Å². The first-order valence-corrected chi connectivity index (χ1v) is 26.7. The number of nitrogens with one attached hydrogen (secondary N) is 4. The van der Waals surface area contributed by atoms with Crippen molar-refractivity contribution in [3.63, 3.8) is 0 Å². The van der Waals surface area contributed by atoms with Crippen molar-refractivity contribution >= 4 is 59.7 Å². The number of para-hydroxylation sites is 1. The largest absolute Gasteiger partial charge is 0.676 e. The number of aliphatic hydroxyl groups is 3. The van der Waals surface area contributed by atoms with Gasteiger partial charge in [0.25, 0.3) is 11.8 Å². The first-order chi connectivity index (χ1) is 35.2. The van der Waals surface area contributed by atoms with Crippen LogP contribution < -0.4 is 32.4 Å². The van der Waals surface area contributed by atoms with E-state index in [4.69, 9.17) is 56.6 Å². The van der Waals surface area contributed by atoms with Gasteiger partial charge >= 0.3 is 6.72 Å². The number of unbranched alkanes of at least 4 members (excludes halogenated alkanes) is 3. The number of rotatable bonds is 29. The van der Waals surface area contributed by atoms with Gasteiger partial charge in [-0.2, -0.15) is 0 Å². The molecular formula is C49H80N8O14PSW-. The molecule has 3 aromatic carbocycles.